The van der Waals surface area contributed by atoms with Gasteiger partial charge in [0.05, 0.1) is 4.92 Å². The van der Waals surface area contributed by atoms with E-state index in [1.807, 2.05) is 0 Å². The highest BCUT2D eigenvalue weighted by atomic mass is 35.5. The Hall–Kier alpha value is -3.72. The molecule has 2 rings (SSSR count). The zero-order valence-electron chi connectivity index (χ0n) is 16.1. The summed E-state index contributed by atoms with van der Waals surface area (Å²) in [5.74, 6) is -1.53. The van der Waals surface area contributed by atoms with Gasteiger partial charge in [0, 0.05) is 37.5 Å². The van der Waals surface area contributed by atoms with Gasteiger partial charge in [-0.3, -0.25) is 19.7 Å². The summed E-state index contributed by atoms with van der Waals surface area (Å²) < 4.78 is 4.83. The largest absolute Gasteiger partial charge is 0.452 e. The Labute approximate surface area is 177 Å². The van der Waals surface area contributed by atoms with Crippen LogP contribution in [0.1, 0.15) is 15.9 Å². The first-order valence-electron chi connectivity index (χ1n) is 8.57. The lowest BCUT2D eigenvalue weighted by Crippen LogP contribution is -2.22. The quantitative estimate of drug-likeness (QED) is 0.311. The number of benzene rings is 2. The molecule has 0 aliphatic rings. The predicted octanol–water partition coefficient (Wildman–Crippen LogP) is 3.15. The van der Waals surface area contributed by atoms with E-state index in [1.54, 1.807) is 38.4 Å². The maximum atomic E-state index is 11.9. The van der Waals surface area contributed by atoms with Gasteiger partial charge in [-0.2, -0.15) is 0 Å². The third-order valence-electron chi connectivity index (χ3n) is 3.75. The number of ether oxygens (including phenoxy) is 1. The van der Waals surface area contributed by atoms with Crippen LogP contribution in [0.4, 0.5) is 11.4 Å². The van der Waals surface area contributed by atoms with Crippen LogP contribution in [0.3, 0.4) is 0 Å². The number of nitro benzene ring substituents is 1. The molecular weight excluding hydrogens is 414 g/mol. The number of rotatable bonds is 7. The Balaban J connectivity index is 1.86. The van der Waals surface area contributed by atoms with Gasteiger partial charge in [-0.25, -0.2) is 4.79 Å². The van der Waals surface area contributed by atoms with E-state index < -0.39 is 23.4 Å². The Morgan fingerprint density at radius 2 is 1.83 bits per heavy atom. The number of nitrogens with one attached hydrogen (secondary N) is 1. The van der Waals surface area contributed by atoms with Crippen molar-refractivity contribution in [3.8, 4) is 0 Å². The van der Waals surface area contributed by atoms with E-state index >= 15 is 0 Å². The zero-order valence-corrected chi connectivity index (χ0v) is 16.9. The number of nitro groups is 1. The van der Waals surface area contributed by atoms with Crippen LogP contribution in [0.2, 0.25) is 5.02 Å². The summed E-state index contributed by atoms with van der Waals surface area (Å²) in [6.07, 6.45) is 2.35. The van der Waals surface area contributed by atoms with Crippen LogP contribution >= 0.6 is 11.6 Å². The number of carbonyl (C=O) groups is 3. The molecule has 0 spiro atoms. The molecule has 9 nitrogen and oxygen atoms in total. The third-order valence-corrected chi connectivity index (χ3v) is 4.07. The maximum absolute atomic E-state index is 11.9. The van der Waals surface area contributed by atoms with Gasteiger partial charge in [0.15, 0.2) is 6.61 Å². The van der Waals surface area contributed by atoms with Gasteiger partial charge in [0.25, 0.3) is 17.5 Å². The molecule has 0 fully saturated rings. The van der Waals surface area contributed by atoms with Crippen molar-refractivity contribution in [2.24, 2.45) is 0 Å². The number of esters is 1. The summed E-state index contributed by atoms with van der Waals surface area (Å²) in [6.45, 7) is -0.525. The van der Waals surface area contributed by atoms with E-state index in [1.165, 1.54) is 29.2 Å². The fourth-order valence-corrected chi connectivity index (χ4v) is 2.46. The molecule has 1 N–H and O–H groups in total. The number of hydrogen-bond acceptors (Lipinski definition) is 6. The van der Waals surface area contributed by atoms with Crippen molar-refractivity contribution in [2.75, 3.05) is 26.0 Å². The first-order valence-corrected chi connectivity index (χ1v) is 8.95. The van der Waals surface area contributed by atoms with Crippen LogP contribution < -0.4 is 5.32 Å². The van der Waals surface area contributed by atoms with E-state index in [0.29, 0.717) is 16.8 Å². The predicted molar refractivity (Wildman–Crippen MR) is 111 cm³/mol. The van der Waals surface area contributed by atoms with Crippen LogP contribution in [-0.4, -0.2) is 48.3 Å². The summed E-state index contributed by atoms with van der Waals surface area (Å²) in [7, 11) is 3.27. The number of halogens is 1. The average molecular weight is 432 g/mol. The van der Waals surface area contributed by atoms with Gasteiger partial charge in [-0.1, -0.05) is 17.7 Å². The van der Waals surface area contributed by atoms with Crippen molar-refractivity contribution < 1.29 is 24.0 Å². The second-order valence-corrected chi connectivity index (χ2v) is 6.64. The Kier molecular flexibility index (Phi) is 7.65. The minimum atomic E-state index is -0.797. The normalized spacial score (nSPS) is 10.5. The minimum absolute atomic E-state index is 0.0180. The molecule has 0 saturated heterocycles. The van der Waals surface area contributed by atoms with E-state index in [9.17, 15) is 24.5 Å². The average Bonchev–Trinajstić information content (AvgIpc) is 2.71. The van der Waals surface area contributed by atoms with E-state index in [-0.39, 0.29) is 16.6 Å². The van der Waals surface area contributed by atoms with Crippen LogP contribution in [0.5, 0.6) is 0 Å². The highest BCUT2D eigenvalue weighted by molar-refractivity contribution is 6.32. The Morgan fingerprint density at radius 1 is 1.17 bits per heavy atom. The summed E-state index contributed by atoms with van der Waals surface area (Å²) in [5, 5.41) is 13.4. The van der Waals surface area contributed by atoms with Crippen molar-refractivity contribution in [3.63, 3.8) is 0 Å². The van der Waals surface area contributed by atoms with Crippen molar-refractivity contribution in [2.45, 2.75) is 0 Å². The molecule has 30 heavy (non-hydrogen) atoms. The van der Waals surface area contributed by atoms with Gasteiger partial charge in [-0.05, 0) is 42.0 Å². The van der Waals surface area contributed by atoms with Gasteiger partial charge in [-0.15, -0.1) is 0 Å². The second kappa shape index (κ2) is 10.2. The first kappa shape index (κ1) is 22.6. The zero-order chi connectivity index (χ0) is 22.3. The molecule has 0 aliphatic carbocycles. The first-order chi connectivity index (χ1) is 14.2. The molecular formula is C20H18ClN3O6. The van der Waals surface area contributed by atoms with Gasteiger partial charge in [0.2, 0.25) is 0 Å². The molecule has 0 heterocycles. The molecule has 2 aromatic rings. The molecule has 0 radical (unpaired) electrons. The number of nitrogens with zero attached hydrogens (tertiary/aromatic N) is 2. The molecule has 0 saturated carbocycles. The van der Waals surface area contributed by atoms with Gasteiger partial charge in [0.1, 0.15) is 5.02 Å². The van der Waals surface area contributed by atoms with E-state index in [4.69, 9.17) is 16.3 Å². The molecule has 0 bridgehead atoms. The molecule has 0 unspecified atom stereocenters. The van der Waals surface area contributed by atoms with Gasteiger partial charge < -0.3 is 15.0 Å². The standard InChI is InChI=1S/C20H18ClN3O6/c1-23(2)20(27)14-5-7-15(8-6-14)22-18(25)12-30-19(26)10-4-13-3-9-16(21)17(11-13)24(28)29/h3-11H,12H2,1-2H3,(H,22,25)/b10-4+. The lowest BCUT2D eigenvalue weighted by atomic mass is 10.2. The highest BCUT2D eigenvalue weighted by Gasteiger charge is 2.12. The summed E-state index contributed by atoms with van der Waals surface area (Å²) in [5.41, 5.74) is 0.997. The molecule has 156 valence electrons. The van der Waals surface area contributed by atoms with Crippen molar-refractivity contribution >= 4 is 46.8 Å². The van der Waals surface area contributed by atoms with Crippen molar-refractivity contribution in [1.82, 2.24) is 4.90 Å². The number of anilines is 1. The SMILES string of the molecule is CN(C)C(=O)c1ccc(NC(=O)COC(=O)/C=C/c2ccc(Cl)c([N+](=O)[O-])c2)cc1. The number of amides is 2. The molecule has 2 aromatic carbocycles. The molecule has 2 amide bonds. The second-order valence-electron chi connectivity index (χ2n) is 6.23. The number of hydrogen-bond donors (Lipinski definition) is 1. The monoisotopic (exact) mass is 431 g/mol. The topological polar surface area (TPSA) is 119 Å². The third kappa shape index (κ3) is 6.42. The summed E-state index contributed by atoms with van der Waals surface area (Å²) in [6, 6.07) is 10.3. The highest BCUT2D eigenvalue weighted by Crippen LogP contribution is 2.25. The van der Waals surface area contributed by atoms with Crippen LogP contribution in [-0.2, 0) is 14.3 Å². The minimum Gasteiger partial charge on any atom is -0.452 e. The molecule has 0 aliphatic heterocycles. The lowest BCUT2D eigenvalue weighted by Gasteiger charge is -2.11. The van der Waals surface area contributed by atoms with Crippen LogP contribution in [0, 0.1) is 10.1 Å². The van der Waals surface area contributed by atoms with Crippen molar-refractivity contribution in [1.29, 1.82) is 0 Å². The van der Waals surface area contributed by atoms with Gasteiger partial charge >= 0.3 is 5.97 Å². The summed E-state index contributed by atoms with van der Waals surface area (Å²) >= 11 is 5.72. The molecule has 10 heteroatoms. The van der Waals surface area contributed by atoms with Crippen molar-refractivity contribution in [3.05, 3.63) is 74.8 Å². The molecule has 0 atom stereocenters. The maximum Gasteiger partial charge on any atom is 0.331 e. The fourth-order valence-electron chi connectivity index (χ4n) is 2.27. The Bertz CT molecular complexity index is 1000. The fraction of sp³-hybridized carbons (Fsp3) is 0.150. The van der Waals surface area contributed by atoms with Crippen LogP contribution in [0.15, 0.2) is 48.5 Å². The van der Waals surface area contributed by atoms with E-state index in [2.05, 4.69) is 5.32 Å². The van der Waals surface area contributed by atoms with E-state index in [0.717, 1.165) is 6.08 Å². The Morgan fingerprint density at radius 3 is 2.43 bits per heavy atom. The van der Waals surface area contributed by atoms with Crippen LogP contribution in [0.25, 0.3) is 6.08 Å². The number of carbonyl (C=O) groups excluding carboxylic acids is 3. The summed E-state index contributed by atoms with van der Waals surface area (Å²) in [4.78, 5) is 47.1. The molecule has 0 aromatic heterocycles. The lowest BCUT2D eigenvalue weighted by molar-refractivity contribution is -0.384. The smallest absolute Gasteiger partial charge is 0.331 e.